The SMILES string of the molecule is O=C(O)CCC(=O)N1CCc2cc(S(=O)(=O)N[C@@H]3CCCc4ccccc43)ccc21. The summed E-state index contributed by atoms with van der Waals surface area (Å²) in [4.78, 5) is 24.7. The minimum absolute atomic E-state index is 0.0720. The first-order chi connectivity index (χ1) is 14.3. The van der Waals surface area contributed by atoms with Gasteiger partial charge in [0.2, 0.25) is 15.9 Å². The molecule has 0 aromatic heterocycles. The number of nitrogens with zero attached hydrogens (tertiary/aromatic N) is 1. The van der Waals surface area contributed by atoms with Gasteiger partial charge in [-0.05, 0) is 60.6 Å². The number of nitrogens with one attached hydrogen (secondary N) is 1. The largest absolute Gasteiger partial charge is 0.481 e. The number of hydrogen-bond acceptors (Lipinski definition) is 4. The molecule has 4 rings (SSSR count). The smallest absolute Gasteiger partial charge is 0.303 e. The molecular weight excluding hydrogens is 404 g/mol. The van der Waals surface area contributed by atoms with E-state index in [2.05, 4.69) is 4.72 Å². The van der Waals surface area contributed by atoms with Crippen molar-refractivity contribution in [2.24, 2.45) is 0 Å². The highest BCUT2D eigenvalue weighted by Crippen LogP contribution is 2.33. The Balaban J connectivity index is 1.53. The van der Waals surface area contributed by atoms with Crippen LogP contribution in [-0.2, 0) is 32.5 Å². The van der Waals surface area contributed by atoms with E-state index in [0.29, 0.717) is 18.7 Å². The molecule has 0 radical (unpaired) electrons. The van der Waals surface area contributed by atoms with Gasteiger partial charge in [0.25, 0.3) is 0 Å². The number of aliphatic carboxylic acids is 1. The summed E-state index contributed by atoms with van der Waals surface area (Å²) >= 11 is 0. The minimum Gasteiger partial charge on any atom is -0.481 e. The Morgan fingerprint density at radius 1 is 1.07 bits per heavy atom. The fourth-order valence-electron chi connectivity index (χ4n) is 4.28. The van der Waals surface area contributed by atoms with E-state index in [9.17, 15) is 18.0 Å². The maximum Gasteiger partial charge on any atom is 0.303 e. The number of aryl methyl sites for hydroxylation is 1. The summed E-state index contributed by atoms with van der Waals surface area (Å²) in [6.07, 6.45) is 2.90. The Kier molecular flexibility index (Phi) is 5.62. The van der Waals surface area contributed by atoms with E-state index in [1.807, 2.05) is 24.3 Å². The molecule has 2 aromatic rings. The molecule has 1 aliphatic carbocycles. The van der Waals surface area contributed by atoms with Gasteiger partial charge in [0.15, 0.2) is 0 Å². The third-order valence-electron chi connectivity index (χ3n) is 5.78. The number of rotatable bonds is 6. The van der Waals surface area contributed by atoms with Crippen molar-refractivity contribution in [2.75, 3.05) is 11.4 Å². The van der Waals surface area contributed by atoms with Gasteiger partial charge in [0.1, 0.15) is 0 Å². The lowest BCUT2D eigenvalue weighted by atomic mass is 9.88. The van der Waals surface area contributed by atoms with E-state index >= 15 is 0 Å². The van der Waals surface area contributed by atoms with Gasteiger partial charge < -0.3 is 10.0 Å². The lowest BCUT2D eigenvalue weighted by Gasteiger charge is -2.26. The van der Waals surface area contributed by atoms with Crippen LogP contribution in [0.15, 0.2) is 47.4 Å². The number of anilines is 1. The minimum atomic E-state index is -3.71. The van der Waals surface area contributed by atoms with Gasteiger partial charge in [-0.3, -0.25) is 9.59 Å². The van der Waals surface area contributed by atoms with Crippen LogP contribution in [0.3, 0.4) is 0 Å². The molecular formula is C22H24N2O5S. The van der Waals surface area contributed by atoms with Crippen LogP contribution in [0.2, 0.25) is 0 Å². The van der Waals surface area contributed by atoms with Gasteiger partial charge in [-0.15, -0.1) is 0 Å². The van der Waals surface area contributed by atoms with E-state index in [1.54, 1.807) is 17.0 Å². The van der Waals surface area contributed by atoms with Crippen molar-refractivity contribution in [1.82, 2.24) is 4.72 Å². The molecule has 0 bridgehead atoms. The number of carbonyl (C=O) groups excluding carboxylic acids is 1. The predicted molar refractivity (Wildman–Crippen MR) is 112 cm³/mol. The summed E-state index contributed by atoms with van der Waals surface area (Å²) in [5.41, 5.74) is 3.66. The van der Waals surface area contributed by atoms with E-state index in [0.717, 1.165) is 30.4 Å². The number of carboxylic acid groups (broad SMARTS) is 1. The maximum absolute atomic E-state index is 13.0. The third-order valence-corrected chi connectivity index (χ3v) is 7.25. The zero-order valence-electron chi connectivity index (χ0n) is 16.5. The van der Waals surface area contributed by atoms with Gasteiger partial charge >= 0.3 is 5.97 Å². The highest BCUT2D eigenvalue weighted by molar-refractivity contribution is 7.89. The molecule has 8 heteroatoms. The molecule has 7 nitrogen and oxygen atoms in total. The average molecular weight is 429 g/mol. The maximum atomic E-state index is 13.0. The van der Waals surface area contributed by atoms with Crippen LogP contribution >= 0.6 is 0 Å². The van der Waals surface area contributed by atoms with Crippen molar-refractivity contribution in [3.63, 3.8) is 0 Å². The Hall–Kier alpha value is -2.71. The number of benzene rings is 2. The fraction of sp³-hybridized carbons (Fsp3) is 0.364. The predicted octanol–water partition coefficient (Wildman–Crippen LogP) is 2.80. The highest BCUT2D eigenvalue weighted by Gasteiger charge is 2.29. The number of hydrogen-bond donors (Lipinski definition) is 2. The standard InChI is InChI=1S/C22H24N2O5S/c25-21(10-11-22(26)27)24-13-12-16-14-17(8-9-20(16)24)30(28,29)23-19-7-3-5-15-4-1-2-6-18(15)19/h1-2,4,6,8-9,14,19,23H,3,5,7,10-13H2,(H,26,27)/t19-/m1/s1. The van der Waals surface area contributed by atoms with E-state index < -0.39 is 16.0 Å². The average Bonchev–Trinajstić information content (AvgIpc) is 3.15. The first-order valence-electron chi connectivity index (χ1n) is 10.1. The molecule has 1 aliphatic heterocycles. The fourth-order valence-corrected chi connectivity index (χ4v) is 5.58. The van der Waals surface area contributed by atoms with Crippen LogP contribution in [0.5, 0.6) is 0 Å². The summed E-state index contributed by atoms with van der Waals surface area (Å²) < 4.78 is 28.9. The second-order valence-corrected chi connectivity index (χ2v) is 9.46. The number of sulfonamides is 1. The zero-order chi connectivity index (χ0) is 21.3. The van der Waals surface area contributed by atoms with Gasteiger partial charge in [-0.1, -0.05) is 24.3 Å². The molecule has 0 fully saturated rings. The summed E-state index contributed by atoms with van der Waals surface area (Å²) in [6.45, 7) is 0.431. The molecule has 0 saturated heterocycles. The molecule has 0 spiro atoms. The van der Waals surface area contributed by atoms with Crippen molar-refractivity contribution in [3.05, 3.63) is 59.2 Å². The van der Waals surface area contributed by atoms with Gasteiger partial charge in [0, 0.05) is 24.7 Å². The van der Waals surface area contributed by atoms with E-state index in [1.165, 1.54) is 11.6 Å². The Labute approximate surface area is 175 Å². The van der Waals surface area contributed by atoms with Crippen LogP contribution in [-0.4, -0.2) is 31.9 Å². The quantitative estimate of drug-likeness (QED) is 0.736. The van der Waals surface area contributed by atoms with Gasteiger partial charge in [-0.25, -0.2) is 13.1 Å². The summed E-state index contributed by atoms with van der Waals surface area (Å²) in [7, 11) is -3.71. The lowest BCUT2D eigenvalue weighted by molar-refractivity contribution is -0.138. The Morgan fingerprint density at radius 2 is 1.87 bits per heavy atom. The second-order valence-electron chi connectivity index (χ2n) is 7.74. The van der Waals surface area contributed by atoms with E-state index in [4.69, 9.17) is 5.11 Å². The van der Waals surface area contributed by atoms with Crippen LogP contribution in [0, 0.1) is 0 Å². The first kappa shape index (κ1) is 20.6. The first-order valence-corrected chi connectivity index (χ1v) is 11.6. The van der Waals surface area contributed by atoms with E-state index in [-0.39, 0.29) is 29.7 Å². The van der Waals surface area contributed by atoms with Gasteiger partial charge in [-0.2, -0.15) is 0 Å². The van der Waals surface area contributed by atoms with Crippen LogP contribution in [0.1, 0.15) is 48.4 Å². The van der Waals surface area contributed by atoms with Crippen molar-refractivity contribution in [2.45, 2.75) is 49.5 Å². The molecule has 1 atom stereocenters. The zero-order valence-corrected chi connectivity index (χ0v) is 17.3. The van der Waals surface area contributed by atoms with Crippen molar-refractivity contribution in [1.29, 1.82) is 0 Å². The normalized spacial score (nSPS) is 18.0. The topological polar surface area (TPSA) is 104 Å². The molecule has 2 N–H and O–H groups in total. The molecule has 30 heavy (non-hydrogen) atoms. The summed E-state index contributed by atoms with van der Waals surface area (Å²) in [5, 5.41) is 8.78. The van der Waals surface area contributed by atoms with Crippen LogP contribution in [0.4, 0.5) is 5.69 Å². The Morgan fingerprint density at radius 3 is 2.67 bits per heavy atom. The Bertz CT molecular complexity index is 1100. The molecule has 1 heterocycles. The molecule has 0 saturated carbocycles. The molecule has 158 valence electrons. The number of amides is 1. The number of fused-ring (bicyclic) bond motifs is 2. The molecule has 2 aromatic carbocycles. The summed E-state index contributed by atoms with van der Waals surface area (Å²) in [6, 6.07) is 12.4. The van der Waals surface area contributed by atoms with Crippen molar-refractivity contribution < 1.29 is 23.1 Å². The monoisotopic (exact) mass is 428 g/mol. The summed E-state index contributed by atoms with van der Waals surface area (Å²) in [5.74, 6) is -1.27. The molecule has 1 amide bonds. The van der Waals surface area contributed by atoms with Crippen LogP contribution < -0.4 is 9.62 Å². The van der Waals surface area contributed by atoms with Gasteiger partial charge in [0.05, 0.1) is 11.3 Å². The lowest BCUT2D eigenvalue weighted by Crippen LogP contribution is -2.31. The van der Waals surface area contributed by atoms with Crippen molar-refractivity contribution in [3.8, 4) is 0 Å². The number of carbonyl (C=O) groups is 2. The molecule has 0 unspecified atom stereocenters. The van der Waals surface area contributed by atoms with Crippen molar-refractivity contribution >= 4 is 27.6 Å². The molecule has 2 aliphatic rings. The highest BCUT2D eigenvalue weighted by atomic mass is 32.2. The second kappa shape index (κ2) is 8.20. The number of carboxylic acids is 1. The third kappa shape index (κ3) is 4.11. The van der Waals surface area contributed by atoms with Crippen LogP contribution in [0.25, 0.3) is 0 Å².